The van der Waals surface area contributed by atoms with Gasteiger partial charge < -0.3 is 15.0 Å². The Balaban J connectivity index is 1.46. The number of anilines is 1. The first-order chi connectivity index (χ1) is 16.0. The number of amides is 2. The number of likely N-dealkylation sites (tertiary alicyclic amines) is 1. The molecule has 1 atom stereocenters. The van der Waals surface area contributed by atoms with Crippen molar-refractivity contribution in [1.82, 2.24) is 4.90 Å². The average molecular weight is 459 g/mol. The van der Waals surface area contributed by atoms with E-state index in [1.54, 1.807) is 41.3 Å². The van der Waals surface area contributed by atoms with Crippen LogP contribution in [0.5, 0.6) is 0 Å². The third kappa shape index (κ3) is 5.30. The number of benzene rings is 2. The summed E-state index contributed by atoms with van der Waals surface area (Å²) in [6.07, 6.45) is 1.43. The highest BCUT2D eigenvalue weighted by atomic mass is 32.1. The van der Waals surface area contributed by atoms with E-state index in [2.05, 4.69) is 17.2 Å². The molecule has 0 saturated carbocycles. The number of rotatable bonds is 4. The van der Waals surface area contributed by atoms with Crippen molar-refractivity contribution in [3.05, 3.63) is 87.6 Å². The topological polar surface area (TPSA) is 75.7 Å². The van der Waals surface area contributed by atoms with E-state index >= 15 is 0 Å². The van der Waals surface area contributed by atoms with Gasteiger partial charge in [0.2, 0.25) is 5.91 Å². The predicted molar refractivity (Wildman–Crippen MR) is 127 cm³/mol. The summed E-state index contributed by atoms with van der Waals surface area (Å²) in [5.41, 5.74) is 2.45. The van der Waals surface area contributed by atoms with Crippen LogP contribution in [-0.4, -0.2) is 42.4 Å². The molecule has 2 amide bonds. The zero-order chi connectivity index (χ0) is 23.2. The van der Waals surface area contributed by atoms with Gasteiger partial charge in [0, 0.05) is 23.4 Å². The zero-order valence-electron chi connectivity index (χ0n) is 18.0. The van der Waals surface area contributed by atoms with Gasteiger partial charge in [0.05, 0.1) is 17.6 Å². The highest BCUT2D eigenvalue weighted by Crippen LogP contribution is 2.23. The molecule has 2 heterocycles. The lowest BCUT2D eigenvalue weighted by atomic mass is 10.1. The number of nitrogens with zero attached hydrogens (tertiary/aromatic N) is 1. The van der Waals surface area contributed by atoms with Crippen molar-refractivity contribution < 1.29 is 19.1 Å². The molecule has 6 nitrogen and oxygen atoms in total. The summed E-state index contributed by atoms with van der Waals surface area (Å²) in [5, 5.41) is 4.78. The Bertz CT molecular complexity index is 1240. The van der Waals surface area contributed by atoms with Crippen LogP contribution in [0.4, 0.5) is 5.69 Å². The number of hydrogen-bond donors (Lipinski definition) is 1. The minimum atomic E-state index is -0.490. The minimum absolute atomic E-state index is 0.101. The lowest BCUT2D eigenvalue weighted by Gasteiger charge is -2.23. The number of thiophene rings is 1. The molecule has 1 saturated heterocycles. The van der Waals surface area contributed by atoms with E-state index in [0.29, 0.717) is 40.2 Å². The second-order valence-electron chi connectivity index (χ2n) is 7.53. The third-order valence-electron chi connectivity index (χ3n) is 5.31. The minimum Gasteiger partial charge on any atom is -0.465 e. The molecule has 1 aliphatic rings. The molecule has 1 unspecified atom stereocenters. The van der Waals surface area contributed by atoms with Gasteiger partial charge in [-0.2, -0.15) is 0 Å². The molecular weight excluding hydrogens is 436 g/mol. The summed E-state index contributed by atoms with van der Waals surface area (Å²) in [7, 11) is 1.34. The predicted octanol–water partition coefficient (Wildman–Crippen LogP) is 4.18. The molecule has 4 rings (SSSR count). The van der Waals surface area contributed by atoms with Gasteiger partial charge in [0.15, 0.2) is 0 Å². The van der Waals surface area contributed by atoms with E-state index in [9.17, 15) is 14.4 Å². The van der Waals surface area contributed by atoms with Crippen molar-refractivity contribution in [2.75, 3.05) is 19.0 Å². The lowest BCUT2D eigenvalue weighted by Crippen LogP contribution is -2.42. The smallest absolute Gasteiger partial charge is 0.337 e. The quantitative estimate of drug-likeness (QED) is 0.470. The van der Waals surface area contributed by atoms with Crippen molar-refractivity contribution in [1.29, 1.82) is 0 Å². The van der Waals surface area contributed by atoms with Gasteiger partial charge in [-0.3, -0.25) is 9.59 Å². The molecule has 7 heteroatoms. The molecule has 1 N–H and O–H groups in total. The first kappa shape index (κ1) is 22.3. The summed E-state index contributed by atoms with van der Waals surface area (Å²) in [6.45, 7) is 0.574. The largest absolute Gasteiger partial charge is 0.465 e. The van der Waals surface area contributed by atoms with E-state index in [0.717, 1.165) is 6.42 Å². The highest BCUT2D eigenvalue weighted by Gasteiger charge is 2.34. The first-order valence-corrected chi connectivity index (χ1v) is 11.4. The third-order valence-corrected chi connectivity index (χ3v) is 6.17. The molecule has 0 aliphatic carbocycles. The van der Waals surface area contributed by atoms with Gasteiger partial charge in [-0.05, 0) is 60.7 Å². The van der Waals surface area contributed by atoms with E-state index in [-0.39, 0.29) is 11.8 Å². The Morgan fingerprint density at radius 1 is 1.03 bits per heavy atom. The second-order valence-corrected chi connectivity index (χ2v) is 8.47. The number of nitrogens with one attached hydrogen (secondary N) is 1. The van der Waals surface area contributed by atoms with E-state index in [4.69, 9.17) is 4.74 Å². The Kier molecular flexibility index (Phi) is 6.86. The number of carbonyl (C=O) groups excluding carboxylic acids is 3. The normalized spacial score (nSPS) is 14.8. The molecule has 2 aromatic carbocycles. The summed E-state index contributed by atoms with van der Waals surface area (Å²) >= 11 is 1.38. The fourth-order valence-electron chi connectivity index (χ4n) is 3.71. The van der Waals surface area contributed by atoms with Crippen LogP contribution in [-0.2, 0) is 9.53 Å². The maximum atomic E-state index is 12.9. The SMILES string of the molecule is COC(=O)c1cccc(C#Cc2cccc(NC(=O)C3CCCN3C(=O)c3cccs3)c2)c1. The van der Waals surface area contributed by atoms with Crippen LogP contribution < -0.4 is 5.32 Å². The molecule has 166 valence electrons. The maximum Gasteiger partial charge on any atom is 0.337 e. The second kappa shape index (κ2) is 10.2. The van der Waals surface area contributed by atoms with Crippen molar-refractivity contribution in [3.8, 4) is 11.8 Å². The number of esters is 1. The summed E-state index contributed by atoms with van der Waals surface area (Å²) in [6, 6.07) is 17.3. The molecule has 3 aromatic rings. The lowest BCUT2D eigenvalue weighted by molar-refractivity contribution is -0.119. The van der Waals surface area contributed by atoms with Crippen LogP contribution in [0.25, 0.3) is 0 Å². The van der Waals surface area contributed by atoms with Gasteiger partial charge in [0.25, 0.3) is 5.91 Å². The van der Waals surface area contributed by atoms with Gasteiger partial charge in [-0.15, -0.1) is 11.3 Å². The molecule has 33 heavy (non-hydrogen) atoms. The van der Waals surface area contributed by atoms with Crippen LogP contribution in [0.15, 0.2) is 66.0 Å². The molecule has 1 aromatic heterocycles. The Morgan fingerprint density at radius 3 is 2.52 bits per heavy atom. The molecule has 1 fully saturated rings. The van der Waals surface area contributed by atoms with E-state index in [1.807, 2.05) is 29.6 Å². The molecule has 0 bridgehead atoms. The number of methoxy groups -OCH3 is 1. The highest BCUT2D eigenvalue weighted by molar-refractivity contribution is 7.12. The summed E-state index contributed by atoms with van der Waals surface area (Å²) in [4.78, 5) is 39.7. The van der Waals surface area contributed by atoms with E-state index < -0.39 is 12.0 Å². The van der Waals surface area contributed by atoms with Crippen LogP contribution in [0.3, 0.4) is 0 Å². The van der Waals surface area contributed by atoms with Crippen molar-refractivity contribution in [2.24, 2.45) is 0 Å². The van der Waals surface area contributed by atoms with Crippen molar-refractivity contribution >= 4 is 34.8 Å². The first-order valence-electron chi connectivity index (χ1n) is 10.5. The van der Waals surface area contributed by atoms with Crippen molar-refractivity contribution in [2.45, 2.75) is 18.9 Å². The zero-order valence-corrected chi connectivity index (χ0v) is 18.9. The number of hydrogen-bond acceptors (Lipinski definition) is 5. The van der Waals surface area contributed by atoms with Gasteiger partial charge in [-0.25, -0.2) is 4.79 Å². The number of ether oxygens (including phenoxy) is 1. The molecular formula is C26H22N2O4S. The van der Waals surface area contributed by atoms with Crippen molar-refractivity contribution in [3.63, 3.8) is 0 Å². The van der Waals surface area contributed by atoms with Crippen LogP contribution in [0, 0.1) is 11.8 Å². The summed E-state index contributed by atoms with van der Waals surface area (Å²) in [5.74, 6) is 5.37. The molecule has 0 spiro atoms. The Labute approximate surface area is 196 Å². The Hall–Kier alpha value is -3.89. The van der Waals surface area contributed by atoms with Gasteiger partial charge >= 0.3 is 5.97 Å². The molecule has 1 aliphatic heterocycles. The van der Waals surface area contributed by atoms with E-state index in [1.165, 1.54) is 18.4 Å². The fourth-order valence-corrected chi connectivity index (χ4v) is 4.39. The number of carbonyl (C=O) groups is 3. The van der Waals surface area contributed by atoms with Gasteiger partial charge in [-0.1, -0.05) is 30.0 Å². The average Bonchev–Trinajstić information content (AvgIpc) is 3.55. The summed E-state index contributed by atoms with van der Waals surface area (Å²) < 4.78 is 4.74. The Morgan fingerprint density at radius 2 is 1.79 bits per heavy atom. The van der Waals surface area contributed by atoms with Crippen LogP contribution >= 0.6 is 11.3 Å². The van der Waals surface area contributed by atoms with Crippen LogP contribution in [0.2, 0.25) is 0 Å². The monoisotopic (exact) mass is 458 g/mol. The maximum absolute atomic E-state index is 12.9. The standard InChI is InChI=1S/C26H22N2O4S/c1-32-26(31)20-8-2-6-18(16-20)12-13-19-7-3-9-21(17-19)27-24(29)22-10-4-14-28(22)25(30)23-11-5-15-33-23/h2-3,5-9,11,15-17,22H,4,10,14H2,1H3,(H,27,29). The van der Waals surface area contributed by atoms with Crippen LogP contribution in [0.1, 0.15) is 44.0 Å². The van der Waals surface area contributed by atoms with Gasteiger partial charge in [0.1, 0.15) is 6.04 Å². The fraction of sp³-hybridized carbons (Fsp3) is 0.192. The molecule has 0 radical (unpaired) electrons.